The predicted octanol–water partition coefficient (Wildman–Crippen LogP) is 0.471. The third-order valence-corrected chi connectivity index (χ3v) is 1.58. The molecule has 1 aliphatic heterocycles. The largest absolute Gasteiger partial charge is 0.387 e. The van der Waals surface area contributed by atoms with Gasteiger partial charge in [-0.15, -0.1) is 0 Å². The average molecular weight is 126 g/mol. The molecule has 9 heavy (non-hydrogen) atoms. The van der Waals surface area contributed by atoms with E-state index < -0.39 is 0 Å². The Hall–Kier alpha value is -0.500. The summed E-state index contributed by atoms with van der Waals surface area (Å²) in [5.41, 5.74) is 0. The van der Waals surface area contributed by atoms with Gasteiger partial charge in [-0.05, 0) is 26.1 Å². The smallest absolute Gasteiger partial charge is 0.0383 e. The molecule has 0 fully saturated rings. The summed E-state index contributed by atoms with van der Waals surface area (Å²) in [6, 6.07) is 0.653. The summed E-state index contributed by atoms with van der Waals surface area (Å²) in [5.74, 6) is 0. The van der Waals surface area contributed by atoms with E-state index in [1.165, 1.54) is 12.8 Å². The van der Waals surface area contributed by atoms with Crippen LogP contribution >= 0.6 is 0 Å². The second kappa shape index (κ2) is 3.51. The van der Waals surface area contributed by atoms with Gasteiger partial charge in [0.05, 0.1) is 0 Å². The second-order valence-corrected chi connectivity index (χ2v) is 2.40. The summed E-state index contributed by atoms with van der Waals surface area (Å²) < 4.78 is 0. The number of hydrogen-bond acceptors (Lipinski definition) is 2. The Labute approximate surface area is 56.3 Å². The van der Waals surface area contributed by atoms with Crippen LogP contribution in [0.3, 0.4) is 0 Å². The molecule has 1 atom stereocenters. The second-order valence-electron chi connectivity index (χ2n) is 2.40. The van der Waals surface area contributed by atoms with Gasteiger partial charge in [-0.25, -0.2) is 0 Å². The lowest BCUT2D eigenvalue weighted by Gasteiger charge is -2.19. The fourth-order valence-corrected chi connectivity index (χ4v) is 1.08. The molecular formula is C7H14N2. The van der Waals surface area contributed by atoms with Crippen molar-refractivity contribution in [2.75, 3.05) is 13.6 Å². The van der Waals surface area contributed by atoms with Crippen molar-refractivity contribution in [1.82, 2.24) is 10.6 Å². The van der Waals surface area contributed by atoms with Crippen LogP contribution in [0.2, 0.25) is 0 Å². The molecular weight excluding hydrogens is 112 g/mol. The van der Waals surface area contributed by atoms with Crippen LogP contribution in [0, 0.1) is 0 Å². The maximum absolute atomic E-state index is 3.28. The number of nitrogens with one attached hydrogen (secondary N) is 2. The highest BCUT2D eigenvalue weighted by atomic mass is 15.0. The third kappa shape index (κ3) is 2.06. The average Bonchev–Trinajstić information content (AvgIpc) is 1.91. The van der Waals surface area contributed by atoms with Gasteiger partial charge in [0.1, 0.15) is 0 Å². The Kier molecular flexibility index (Phi) is 2.58. The first-order valence-electron chi connectivity index (χ1n) is 3.49. The first kappa shape index (κ1) is 6.62. The first-order chi connectivity index (χ1) is 4.43. The number of hydrogen-bond donors (Lipinski definition) is 2. The van der Waals surface area contributed by atoms with Crippen LogP contribution in [0.5, 0.6) is 0 Å². The minimum atomic E-state index is 0.653. The van der Waals surface area contributed by atoms with E-state index >= 15 is 0 Å². The Bertz CT molecular complexity index is 99.1. The van der Waals surface area contributed by atoms with E-state index in [1.54, 1.807) is 0 Å². The summed E-state index contributed by atoms with van der Waals surface area (Å²) in [6.45, 7) is 1.07. The van der Waals surface area contributed by atoms with Gasteiger partial charge in [0.15, 0.2) is 0 Å². The van der Waals surface area contributed by atoms with Gasteiger partial charge in [-0.1, -0.05) is 6.08 Å². The number of rotatable bonds is 2. The molecule has 0 amide bonds. The molecule has 2 nitrogen and oxygen atoms in total. The molecule has 0 aromatic rings. The predicted molar refractivity (Wildman–Crippen MR) is 39.2 cm³/mol. The Balaban J connectivity index is 2.18. The van der Waals surface area contributed by atoms with E-state index in [0.717, 1.165) is 6.54 Å². The van der Waals surface area contributed by atoms with Gasteiger partial charge in [0.25, 0.3) is 0 Å². The minimum Gasteiger partial charge on any atom is -0.387 e. The van der Waals surface area contributed by atoms with E-state index in [4.69, 9.17) is 0 Å². The van der Waals surface area contributed by atoms with Crippen LogP contribution in [0.25, 0.3) is 0 Å². The van der Waals surface area contributed by atoms with Crippen molar-refractivity contribution in [2.24, 2.45) is 0 Å². The van der Waals surface area contributed by atoms with E-state index in [9.17, 15) is 0 Å². The van der Waals surface area contributed by atoms with Crippen LogP contribution in [-0.4, -0.2) is 19.6 Å². The van der Waals surface area contributed by atoms with Gasteiger partial charge in [0, 0.05) is 12.6 Å². The molecule has 1 unspecified atom stereocenters. The zero-order valence-electron chi connectivity index (χ0n) is 5.85. The first-order valence-corrected chi connectivity index (χ1v) is 3.49. The van der Waals surface area contributed by atoms with Crippen molar-refractivity contribution in [3.63, 3.8) is 0 Å². The van der Waals surface area contributed by atoms with Crippen molar-refractivity contribution in [2.45, 2.75) is 18.9 Å². The van der Waals surface area contributed by atoms with Gasteiger partial charge < -0.3 is 10.6 Å². The molecule has 0 spiro atoms. The Morgan fingerprint density at radius 3 is 3.22 bits per heavy atom. The Morgan fingerprint density at radius 2 is 2.67 bits per heavy atom. The maximum Gasteiger partial charge on any atom is 0.0383 e. The lowest BCUT2D eigenvalue weighted by atomic mass is 10.1. The normalized spacial score (nSPS) is 25.7. The molecule has 0 saturated carbocycles. The monoisotopic (exact) mass is 126 g/mol. The molecule has 2 N–H and O–H groups in total. The van der Waals surface area contributed by atoms with Crippen LogP contribution < -0.4 is 10.6 Å². The maximum atomic E-state index is 3.28. The van der Waals surface area contributed by atoms with Crippen molar-refractivity contribution in [1.29, 1.82) is 0 Å². The zero-order valence-corrected chi connectivity index (χ0v) is 5.85. The fraction of sp³-hybridized carbons (Fsp3) is 0.714. The molecule has 0 aliphatic carbocycles. The highest BCUT2D eigenvalue weighted by Gasteiger charge is 2.05. The van der Waals surface area contributed by atoms with Crippen molar-refractivity contribution >= 4 is 0 Å². The topological polar surface area (TPSA) is 24.1 Å². The number of allylic oxidation sites excluding steroid dienone is 1. The van der Waals surface area contributed by atoms with Crippen molar-refractivity contribution in [3.8, 4) is 0 Å². The van der Waals surface area contributed by atoms with E-state index in [-0.39, 0.29) is 0 Å². The molecule has 2 heteroatoms. The lowest BCUT2D eigenvalue weighted by Crippen LogP contribution is -2.35. The molecule has 0 aromatic carbocycles. The summed E-state index contributed by atoms with van der Waals surface area (Å²) in [5, 5.41) is 6.42. The van der Waals surface area contributed by atoms with E-state index in [0.29, 0.717) is 6.04 Å². The lowest BCUT2D eigenvalue weighted by molar-refractivity contribution is 0.503. The molecule has 1 rings (SSSR count). The summed E-state index contributed by atoms with van der Waals surface area (Å²) in [4.78, 5) is 0. The van der Waals surface area contributed by atoms with Crippen LogP contribution in [0.1, 0.15) is 12.8 Å². The standard InChI is InChI=1S/C7H14N2/c1-8-6-7-4-2-3-5-9-7/h3,5,7-9H,2,4,6H2,1H3. The SMILES string of the molecule is CNCC1CCC=CN1. The van der Waals surface area contributed by atoms with Crippen molar-refractivity contribution in [3.05, 3.63) is 12.3 Å². The molecule has 52 valence electrons. The zero-order chi connectivity index (χ0) is 6.53. The fourth-order valence-electron chi connectivity index (χ4n) is 1.08. The van der Waals surface area contributed by atoms with Gasteiger partial charge in [0.2, 0.25) is 0 Å². The molecule has 0 bridgehead atoms. The van der Waals surface area contributed by atoms with E-state index in [2.05, 4.69) is 16.7 Å². The highest BCUT2D eigenvalue weighted by molar-refractivity contribution is 4.90. The van der Waals surface area contributed by atoms with Gasteiger partial charge >= 0.3 is 0 Å². The van der Waals surface area contributed by atoms with Crippen LogP contribution in [0.15, 0.2) is 12.3 Å². The van der Waals surface area contributed by atoms with Crippen molar-refractivity contribution < 1.29 is 0 Å². The molecule has 0 radical (unpaired) electrons. The quantitative estimate of drug-likeness (QED) is 0.562. The van der Waals surface area contributed by atoms with Crippen LogP contribution in [-0.2, 0) is 0 Å². The molecule has 0 aromatic heterocycles. The third-order valence-electron chi connectivity index (χ3n) is 1.58. The van der Waals surface area contributed by atoms with E-state index in [1.807, 2.05) is 13.2 Å². The summed E-state index contributed by atoms with van der Waals surface area (Å²) in [7, 11) is 1.99. The summed E-state index contributed by atoms with van der Waals surface area (Å²) in [6.07, 6.45) is 6.70. The molecule has 1 heterocycles. The summed E-state index contributed by atoms with van der Waals surface area (Å²) >= 11 is 0. The van der Waals surface area contributed by atoms with Gasteiger partial charge in [-0.2, -0.15) is 0 Å². The molecule has 1 aliphatic rings. The van der Waals surface area contributed by atoms with Crippen LogP contribution in [0.4, 0.5) is 0 Å². The Morgan fingerprint density at radius 1 is 1.78 bits per heavy atom. The van der Waals surface area contributed by atoms with Gasteiger partial charge in [-0.3, -0.25) is 0 Å². The highest BCUT2D eigenvalue weighted by Crippen LogP contribution is 2.01. The minimum absolute atomic E-state index is 0.653. The molecule has 0 saturated heterocycles. The number of likely N-dealkylation sites (N-methyl/N-ethyl adjacent to an activating group) is 1.